The van der Waals surface area contributed by atoms with Gasteiger partial charge in [-0.1, -0.05) is 20.7 Å². The summed E-state index contributed by atoms with van der Waals surface area (Å²) in [5.41, 5.74) is 0.496. The predicted octanol–water partition coefficient (Wildman–Crippen LogP) is 1.22. The quantitative estimate of drug-likeness (QED) is 0.609. The molecule has 0 atom stereocenters. The molecule has 1 aromatic heterocycles. The van der Waals surface area contributed by atoms with Gasteiger partial charge in [-0.3, -0.25) is 4.79 Å². The van der Waals surface area contributed by atoms with Crippen molar-refractivity contribution in [3.05, 3.63) is 21.4 Å². The van der Waals surface area contributed by atoms with Crippen LogP contribution in [0.2, 0.25) is 0 Å². The third-order valence-electron chi connectivity index (χ3n) is 1.35. The first-order valence-corrected chi connectivity index (χ1v) is 5.40. The first-order valence-electron chi connectivity index (χ1n) is 3.08. The number of nitrogens with one attached hydrogen (secondary N) is 1. The number of hydrogen-bond acceptors (Lipinski definition) is 3. The van der Waals surface area contributed by atoms with Crippen LogP contribution < -0.4 is 5.32 Å². The fraction of sp³-hybridized carbons (Fsp3) is 0. The molecule has 11 heavy (non-hydrogen) atoms. The molecule has 0 saturated heterocycles. The Balaban J connectivity index is 2.53. The number of carbonyl (C=O) groups is 1. The molecule has 1 aromatic rings. The molecular formula is C7H5IN2O. The summed E-state index contributed by atoms with van der Waals surface area (Å²) in [7, 11) is 0. The number of aromatic nitrogens is 1. The van der Waals surface area contributed by atoms with Gasteiger partial charge in [0.2, 0.25) is 0 Å². The van der Waals surface area contributed by atoms with Crippen LogP contribution in [0.25, 0.3) is 0 Å². The largest absolute Gasteiger partial charge is 0.341 e. The Morgan fingerprint density at radius 1 is 1.55 bits per heavy atom. The van der Waals surface area contributed by atoms with Crippen molar-refractivity contribution in [2.75, 3.05) is 5.32 Å². The van der Waals surface area contributed by atoms with Crippen LogP contribution in [0, 0.1) is 3.57 Å². The first kappa shape index (κ1) is 6.90. The molecule has 0 aromatic carbocycles. The Morgan fingerprint density at radius 2 is 2.45 bits per heavy atom. The van der Waals surface area contributed by atoms with Gasteiger partial charge >= 0.3 is 0 Å². The van der Waals surface area contributed by atoms with E-state index in [-0.39, 0.29) is 20.7 Å². The lowest BCUT2D eigenvalue weighted by Crippen LogP contribution is -1.95. The van der Waals surface area contributed by atoms with Crippen LogP contribution in [0.15, 0.2) is 12.1 Å². The van der Waals surface area contributed by atoms with Crippen molar-refractivity contribution in [1.29, 1.82) is 0 Å². The van der Waals surface area contributed by atoms with Crippen molar-refractivity contribution in [3.8, 4) is 0 Å². The van der Waals surface area contributed by atoms with Crippen LogP contribution in [-0.2, 0) is 0 Å². The zero-order valence-electron chi connectivity index (χ0n) is 5.54. The lowest BCUT2D eigenvalue weighted by Gasteiger charge is -1.96. The van der Waals surface area contributed by atoms with E-state index in [1.54, 1.807) is 6.07 Å². The second kappa shape index (κ2) is 2.69. The fourth-order valence-electron chi connectivity index (χ4n) is 0.850. The highest BCUT2D eigenvalue weighted by Gasteiger charge is 2.06. The van der Waals surface area contributed by atoms with Crippen molar-refractivity contribution in [2.24, 2.45) is 0 Å². The maximum absolute atomic E-state index is 10.3. The standard InChI is InChI=1S/C7H5IN2O/c11-3-5-1-2-6-7(10-5)9-4-8-6/h1-4H,(H,9,10). The highest BCUT2D eigenvalue weighted by molar-refractivity contribution is 14.2. The summed E-state index contributed by atoms with van der Waals surface area (Å²) in [6, 6.07) is 3.72. The summed E-state index contributed by atoms with van der Waals surface area (Å²) in [4.78, 5) is 14.4. The van der Waals surface area contributed by atoms with Crippen LogP contribution in [0.4, 0.5) is 5.82 Å². The van der Waals surface area contributed by atoms with E-state index in [1.807, 2.05) is 10.2 Å². The highest BCUT2D eigenvalue weighted by Crippen LogP contribution is 2.24. The number of fused-ring (bicyclic) bond motifs is 1. The van der Waals surface area contributed by atoms with E-state index >= 15 is 0 Å². The van der Waals surface area contributed by atoms with Gasteiger partial charge in [0.25, 0.3) is 0 Å². The fourth-order valence-corrected chi connectivity index (χ4v) is 2.59. The molecule has 0 radical (unpaired) electrons. The number of nitrogens with zero attached hydrogens (tertiary/aromatic N) is 1. The third kappa shape index (κ3) is 1.18. The molecule has 1 aliphatic heterocycles. The molecule has 0 aliphatic carbocycles. The van der Waals surface area contributed by atoms with Crippen LogP contribution in [-0.4, -0.2) is 15.4 Å². The molecule has 0 saturated carbocycles. The van der Waals surface area contributed by atoms with E-state index in [0.29, 0.717) is 5.69 Å². The van der Waals surface area contributed by atoms with Gasteiger partial charge in [0.15, 0.2) is 6.29 Å². The molecule has 0 fully saturated rings. The minimum atomic E-state index is -0.0101. The minimum Gasteiger partial charge on any atom is -0.341 e. The second-order valence-electron chi connectivity index (χ2n) is 2.05. The van der Waals surface area contributed by atoms with Crippen molar-refractivity contribution < 1.29 is 4.79 Å². The lowest BCUT2D eigenvalue weighted by atomic mass is 10.4. The van der Waals surface area contributed by atoms with E-state index in [1.165, 1.54) is 3.57 Å². The lowest BCUT2D eigenvalue weighted by molar-refractivity contribution is 0.111. The number of hydrogen-bond donors (Lipinski definition) is 1. The molecular weight excluding hydrogens is 255 g/mol. The smallest absolute Gasteiger partial charge is 0.168 e. The zero-order chi connectivity index (χ0) is 7.68. The number of pyridine rings is 1. The average Bonchev–Trinajstić information content (AvgIpc) is 2.50. The van der Waals surface area contributed by atoms with Gasteiger partial charge in [0.05, 0.1) is 3.57 Å². The number of anilines is 1. The minimum absolute atomic E-state index is 0.0101. The number of rotatable bonds is 1. The normalized spacial score (nSPS) is 13.1. The molecule has 2 rings (SSSR count). The SMILES string of the molecule is O=Cc1ccc2c(n1)NC=I2. The van der Waals surface area contributed by atoms with Gasteiger partial charge in [-0.15, -0.1) is 0 Å². The Bertz CT molecular complexity index is 335. The monoisotopic (exact) mass is 260 g/mol. The third-order valence-corrected chi connectivity index (χ3v) is 3.52. The number of halogens is 1. The molecule has 3 nitrogen and oxygen atoms in total. The summed E-state index contributed by atoms with van der Waals surface area (Å²) in [5.74, 6) is 0.863. The summed E-state index contributed by atoms with van der Waals surface area (Å²) in [6.07, 6.45) is 0.762. The van der Waals surface area contributed by atoms with Gasteiger partial charge in [-0.25, -0.2) is 4.98 Å². The number of carbonyl (C=O) groups excluding carboxylic acids is 1. The highest BCUT2D eigenvalue weighted by atomic mass is 127. The van der Waals surface area contributed by atoms with E-state index < -0.39 is 0 Å². The van der Waals surface area contributed by atoms with Gasteiger partial charge in [0, 0.05) is 4.14 Å². The Labute approximate surface area is 73.6 Å². The topological polar surface area (TPSA) is 42.0 Å². The first-order chi connectivity index (χ1) is 5.40. The Morgan fingerprint density at radius 3 is 3.27 bits per heavy atom. The second-order valence-corrected chi connectivity index (χ2v) is 4.45. The molecule has 1 N–H and O–H groups in total. The molecule has 4 heteroatoms. The zero-order valence-corrected chi connectivity index (χ0v) is 7.70. The molecule has 0 unspecified atom stereocenters. The van der Waals surface area contributed by atoms with Crippen LogP contribution in [0.5, 0.6) is 0 Å². The number of aldehydes is 1. The van der Waals surface area contributed by atoms with Crippen LogP contribution >= 0.6 is 20.7 Å². The van der Waals surface area contributed by atoms with Crippen molar-refractivity contribution in [2.45, 2.75) is 0 Å². The summed E-state index contributed by atoms with van der Waals surface area (Å²) >= 11 is -0.0101. The average molecular weight is 260 g/mol. The van der Waals surface area contributed by atoms with Crippen molar-refractivity contribution in [3.63, 3.8) is 0 Å². The molecule has 0 amide bonds. The Kier molecular flexibility index (Phi) is 1.69. The van der Waals surface area contributed by atoms with Crippen LogP contribution in [0.1, 0.15) is 10.5 Å². The molecule has 2 heterocycles. The van der Waals surface area contributed by atoms with E-state index in [0.717, 1.165) is 12.1 Å². The van der Waals surface area contributed by atoms with Gasteiger partial charge in [-0.05, 0) is 12.1 Å². The molecule has 56 valence electrons. The van der Waals surface area contributed by atoms with Crippen molar-refractivity contribution >= 4 is 37.0 Å². The van der Waals surface area contributed by atoms with Gasteiger partial charge < -0.3 is 5.32 Å². The molecule has 0 bridgehead atoms. The maximum Gasteiger partial charge on any atom is 0.168 e. The van der Waals surface area contributed by atoms with Gasteiger partial charge in [-0.2, -0.15) is 0 Å². The Hall–Kier alpha value is -0.780. The molecule has 0 spiro atoms. The van der Waals surface area contributed by atoms with Crippen LogP contribution in [0.3, 0.4) is 0 Å². The predicted molar refractivity (Wildman–Crippen MR) is 52.0 cm³/mol. The summed E-state index contributed by atoms with van der Waals surface area (Å²) < 4.78 is 3.29. The van der Waals surface area contributed by atoms with E-state index in [2.05, 4.69) is 10.3 Å². The molecule has 1 aliphatic rings. The van der Waals surface area contributed by atoms with Gasteiger partial charge in [0.1, 0.15) is 11.5 Å². The summed E-state index contributed by atoms with van der Waals surface area (Å²) in [6.45, 7) is 0. The summed E-state index contributed by atoms with van der Waals surface area (Å²) in [5, 5.41) is 3.03. The van der Waals surface area contributed by atoms with E-state index in [4.69, 9.17) is 0 Å². The van der Waals surface area contributed by atoms with Crippen molar-refractivity contribution in [1.82, 2.24) is 4.98 Å². The maximum atomic E-state index is 10.3. The van der Waals surface area contributed by atoms with E-state index in [9.17, 15) is 4.79 Å².